The number of hydrogen-bond donors (Lipinski definition) is 2. The van der Waals surface area contributed by atoms with Gasteiger partial charge in [0.25, 0.3) is 10.2 Å². The molecule has 0 unspecified atom stereocenters. The van der Waals surface area contributed by atoms with Gasteiger partial charge in [0.05, 0.1) is 5.69 Å². The number of rotatable bonds is 4. The SMILES string of the molecule is CCNS(=O)(=O)Nc1cccc(Cl)c1. The van der Waals surface area contributed by atoms with E-state index in [1.807, 2.05) is 0 Å². The van der Waals surface area contributed by atoms with Crippen LogP contribution in [0.5, 0.6) is 0 Å². The molecular weight excluding hydrogens is 224 g/mol. The van der Waals surface area contributed by atoms with Crippen molar-refractivity contribution < 1.29 is 8.42 Å². The van der Waals surface area contributed by atoms with Gasteiger partial charge < -0.3 is 0 Å². The molecule has 0 aromatic heterocycles. The van der Waals surface area contributed by atoms with Crippen molar-refractivity contribution in [3.63, 3.8) is 0 Å². The summed E-state index contributed by atoms with van der Waals surface area (Å²) in [4.78, 5) is 0. The molecule has 0 amide bonds. The lowest BCUT2D eigenvalue weighted by atomic mass is 10.3. The summed E-state index contributed by atoms with van der Waals surface area (Å²) in [5.74, 6) is 0. The zero-order valence-corrected chi connectivity index (χ0v) is 9.19. The third kappa shape index (κ3) is 3.53. The van der Waals surface area contributed by atoms with E-state index in [0.717, 1.165) is 0 Å². The molecule has 0 saturated carbocycles. The van der Waals surface area contributed by atoms with Gasteiger partial charge in [-0.2, -0.15) is 13.1 Å². The average molecular weight is 235 g/mol. The smallest absolute Gasteiger partial charge is 0.271 e. The molecule has 14 heavy (non-hydrogen) atoms. The van der Waals surface area contributed by atoms with Crippen molar-refractivity contribution in [1.29, 1.82) is 0 Å². The largest absolute Gasteiger partial charge is 0.299 e. The molecule has 0 radical (unpaired) electrons. The van der Waals surface area contributed by atoms with Crippen LogP contribution >= 0.6 is 11.6 Å². The van der Waals surface area contributed by atoms with E-state index in [1.165, 1.54) is 6.07 Å². The van der Waals surface area contributed by atoms with Gasteiger partial charge in [0, 0.05) is 11.6 Å². The Morgan fingerprint density at radius 1 is 1.43 bits per heavy atom. The number of nitrogens with one attached hydrogen (secondary N) is 2. The lowest BCUT2D eigenvalue weighted by Crippen LogP contribution is -2.29. The summed E-state index contributed by atoms with van der Waals surface area (Å²) < 4.78 is 27.1. The van der Waals surface area contributed by atoms with E-state index in [0.29, 0.717) is 17.3 Å². The molecule has 0 aliphatic heterocycles. The fourth-order valence-corrected chi connectivity index (χ4v) is 2.01. The molecule has 1 aromatic carbocycles. The Kier molecular flexibility index (Phi) is 3.74. The predicted octanol–water partition coefficient (Wildman–Crippen LogP) is 1.61. The minimum absolute atomic E-state index is 0.343. The lowest BCUT2D eigenvalue weighted by molar-refractivity contribution is 0.589. The summed E-state index contributed by atoms with van der Waals surface area (Å²) in [5, 5.41) is 0.488. The molecule has 1 rings (SSSR count). The number of hydrogen-bond acceptors (Lipinski definition) is 2. The Hall–Kier alpha value is -0.780. The standard InChI is InChI=1S/C8H11ClN2O2S/c1-2-10-14(12,13)11-8-5-3-4-7(9)6-8/h3-6,10-11H,2H2,1H3. The molecule has 0 spiro atoms. The third-order valence-electron chi connectivity index (χ3n) is 1.41. The van der Waals surface area contributed by atoms with Gasteiger partial charge >= 0.3 is 0 Å². The van der Waals surface area contributed by atoms with Crippen molar-refractivity contribution in [2.75, 3.05) is 11.3 Å². The molecule has 6 heteroatoms. The van der Waals surface area contributed by atoms with E-state index in [4.69, 9.17) is 11.6 Å². The van der Waals surface area contributed by atoms with Crippen LogP contribution in [0, 0.1) is 0 Å². The lowest BCUT2D eigenvalue weighted by Gasteiger charge is -2.07. The van der Waals surface area contributed by atoms with Crippen molar-refractivity contribution in [2.24, 2.45) is 0 Å². The van der Waals surface area contributed by atoms with Crippen LogP contribution in [0.2, 0.25) is 5.02 Å². The Morgan fingerprint density at radius 3 is 2.71 bits per heavy atom. The van der Waals surface area contributed by atoms with E-state index in [9.17, 15) is 8.42 Å². The summed E-state index contributed by atoms with van der Waals surface area (Å²) in [7, 11) is -3.46. The van der Waals surface area contributed by atoms with Crippen LogP contribution in [0.25, 0.3) is 0 Å². The van der Waals surface area contributed by atoms with Crippen LogP contribution in [0.15, 0.2) is 24.3 Å². The van der Waals surface area contributed by atoms with E-state index >= 15 is 0 Å². The van der Waals surface area contributed by atoms with E-state index < -0.39 is 10.2 Å². The zero-order valence-electron chi connectivity index (χ0n) is 7.62. The van der Waals surface area contributed by atoms with Gasteiger partial charge in [0.15, 0.2) is 0 Å². The monoisotopic (exact) mass is 234 g/mol. The van der Waals surface area contributed by atoms with Gasteiger partial charge in [-0.05, 0) is 18.2 Å². The molecule has 2 N–H and O–H groups in total. The van der Waals surface area contributed by atoms with Crippen molar-refractivity contribution in [3.05, 3.63) is 29.3 Å². The van der Waals surface area contributed by atoms with Crippen LogP contribution in [0.1, 0.15) is 6.92 Å². The van der Waals surface area contributed by atoms with Crippen molar-refractivity contribution >= 4 is 27.5 Å². The topological polar surface area (TPSA) is 58.2 Å². The highest BCUT2D eigenvalue weighted by Crippen LogP contribution is 2.15. The van der Waals surface area contributed by atoms with Gasteiger partial charge in [0.1, 0.15) is 0 Å². The van der Waals surface area contributed by atoms with E-state index in [-0.39, 0.29) is 0 Å². The first kappa shape index (κ1) is 11.3. The first-order valence-corrected chi connectivity index (χ1v) is 5.92. The second-order valence-electron chi connectivity index (χ2n) is 2.61. The maximum Gasteiger partial charge on any atom is 0.299 e. The molecule has 0 heterocycles. The first-order chi connectivity index (χ1) is 6.53. The highest BCUT2D eigenvalue weighted by molar-refractivity contribution is 7.90. The quantitative estimate of drug-likeness (QED) is 0.832. The van der Waals surface area contributed by atoms with Crippen molar-refractivity contribution in [1.82, 2.24) is 4.72 Å². The van der Waals surface area contributed by atoms with Gasteiger partial charge in [0.2, 0.25) is 0 Å². The maximum absolute atomic E-state index is 11.2. The van der Waals surface area contributed by atoms with E-state index in [2.05, 4.69) is 9.44 Å². The molecule has 78 valence electrons. The highest BCUT2D eigenvalue weighted by Gasteiger charge is 2.06. The average Bonchev–Trinajstić information content (AvgIpc) is 2.02. The van der Waals surface area contributed by atoms with Crippen LogP contribution in [-0.2, 0) is 10.2 Å². The second-order valence-corrected chi connectivity index (χ2v) is 4.55. The van der Waals surface area contributed by atoms with Gasteiger partial charge in [-0.3, -0.25) is 4.72 Å². The van der Waals surface area contributed by atoms with Gasteiger partial charge in [-0.15, -0.1) is 0 Å². The molecule has 4 nitrogen and oxygen atoms in total. The molecule has 0 saturated heterocycles. The maximum atomic E-state index is 11.2. The summed E-state index contributed by atoms with van der Waals surface area (Å²) in [6, 6.07) is 6.51. The molecular formula is C8H11ClN2O2S. The van der Waals surface area contributed by atoms with Crippen LogP contribution in [0.3, 0.4) is 0 Å². The minimum Gasteiger partial charge on any atom is -0.271 e. The summed E-state index contributed by atoms with van der Waals surface area (Å²) >= 11 is 5.70. The molecule has 0 bridgehead atoms. The Morgan fingerprint density at radius 2 is 2.14 bits per heavy atom. The fraction of sp³-hybridized carbons (Fsp3) is 0.250. The van der Waals surface area contributed by atoms with Crippen LogP contribution < -0.4 is 9.44 Å². The third-order valence-corrected chi connectivity index (χ3v) is 2.82. The van der Waals surface area contributed by atoms with Crippen molar-refractivity contribution in [2.45, 2.75) is 6.92 Å². The molecule has 0 aliphatic carbocycles. The highest BCUT2D eigenvalue weighted by atomic mass is 35.5. The number of halogens is 1. The Balaban J connectivity index is 2.79. The van der Waals surface area contributed by atoms with Crippen LogP contribution in [0.4, 0.5) is 5.69 Å². The number of benzene rings is 1. The summed E-state index contributed by atoms with van der Waals surface area (Å²) in [6.45, 7) is 2.05. The Labute approximate surface area is 88.5 Å². The fourth-order valence-electron chi connectivity index (χ4n) is 0.933. The second kappa shape index (κ2) is 4.63. The minimum atomic E-state index is -3.46. The zero-order chi connectivity index (χ0) is 10.6. The molecule has 0 aliphatic rings. The molecule has 0 fully saturated rings. The first-order valence-electron chi connectivity index (χ1n) is 4.06. The summed E-state index contributed by atoms with van der Waals surface area (Å²) in [5.41, 5.74) is 0.443. The normalized spacial score (nSPS) is 11.3. The van der Waals surface area contributed by atoms with E-state index in [1.54, 1.807) is 25.1 Å². The van der Waals surface area contributed by atoms with Gasteiger partial charge in [-0.25, -0.2) is 0 Å². The van der Waals surface area contributed by atoms with Crippen molar-refractivity contribution in [3.8, 4) is 0 Å². The summed E-state index contributed by atoms with van der Waals surface area (Å²) in [6.07, 6.45) is 0. The Bertz CT molecular complexity index is 406. The molecule has 1 aromatic rings. The molecule has 0 atom stereocenters. The predicted molar refractivity (Wildman–Crippen MR) is 57.7 cm³/mol. The number of anilines is 1. The van der Waals surface area contributed by atoms with Gasteiger partial charge in [-0.1, -0.05) is 24.6 Å². The van der Waals surface area contributed by atoms with Crippen LogP contribution in [-0.4, -0.2) is 15.0 Å².